The van der Waals surface area contributed by atoms with Gasteiger partial charge in [0.15, 0.2) is 0 Å². The first-order valence-corrected chi connectivity index (χ1v) is 7.67. The Morgan fingerprint density at radius 2 is 2.16 bits per heavy atom. The molecule has 19 heavy (non-hydrogen) atoms. The van der Waals surface area contributed by atoms with Crippen LogP contribution in [0.1, 0.15) is 48.9 Å². The van der Waals surface area contributed by atoms with Crippen molar-refractivity contribution >= 4 is 0 Å². The lowest BCUT2D eigenvalue weighted by Gasteiger charge is -2.28. The first kappa shape index (κ1) is 14.5. The maximum Gasteiger partial charge on any atom is 0.0473 e. The molecule has 0 aliphatic carbocycles. The molecule has 1 saturated heterocycles. The van der Waals surface area contributed by atoms with Gasteiger partial charge >= 0.3 is 0 Å². The molecule has 0 aromatic heterocycles. The summed E-state index contributed by atoms with van der Waals surface area (Å²) < 4.78 is 0. The SMILES string of the molecule is CCCC1CCN(C(CN)c2cc(C)ccc2C)C1. The highest BCUT2D eigenvalue weighted by Crippen LogP contribution is 2.31. The predicted octanol–water partition coefficient (Wildman–Crippen LogP) is 3.43. The Balaban J connectivity index is 2.14. The summed E-state index contributed by atoms with van der Waals surface area (Å²) in [6, 6.07) is 7.14. The minimum atomic E-state index is 0.404. The molecule has 1 aliphatic heterocycles. The van der Waals surface area contributed by atoms with E-state index in [1.54, 1.807) is 0 Å². The van der Waals surface area contributed by atoms with Crippen molar-refractivity contribution in [2.24, 2.45) is 11.7 Å². The number of rotatable bonds is 5. The first-order chi connectivity index (χ1) is 9.15. The standard InChI is InChI=1S/C17H28N2/c1-4-5-15-8-9-19(12-15)17(11-18)16-10-13(2)6-7-14(16)3/h6-7,10,15,17H,4-5,8-9,11-12,18H2,1-3H3. The van der Waals surface area contributed by atoms with Crippen LogP contribution in [-0.4, -0.2) is 24.5 Å². The van der Waals surface area contributed by atoms with Gasteiger partial charge in [0.25, 0.3) is 0 Å². The van der Waals surface area contributed by atoms with Crippen LogP contribution >= 0.6 is 0 Å². The molecule has 2 rings (SSSR count). The van der Waals surface area contributed by atoms with Gasteiger partial charge in [0, 0.05) is 19.1 Å². The monoisotopic (exact) mass is 260 g/mol. The molecule has 1 heterocycles. The average Bonchev–Trinajstić information content (AvgIpc) is 2.83. The van der Waals surface area contributed by atoms with Gasteiger partial charge in [0.1, 0.15) is 0 Å². The van der Waals surface area contributed by atoms with Crippen LogP contribution in [0.2, 0.25) is 0 Å². The van der Waals surface area contributed by atoms with Gasteiger partial charge < -0.3 is 5.73 Å². The number of aryl methyl sites for hydroxylation is 2. The zero-order chi connectivity index (χ0) is 13.8. The van der Waals surface area contributed by atoms with E-state index < -0.39 is 0 Å². The summed E-state index contributed by atoms with van der Waals surface area (Å²) in [5, 5.41) is 0. The van der Waals surface area contributed by atoms with Crippen molar-refractivity contribution in [2.45, 2.75) is 46.1 Å². The van der Waals surface area contributed by atoms with Crippen LogP contribution in [0.5, 0.6) is 0 Å². The third-order valence-electron chi connectivity index (χ3n) is 4.47. The summed E-state index contributed by atoms with van der Waals surface area (Å²) in [6.07, 6.45) is 4.01. The van der Waals surface area contributed by atoms with Gasteiger partial charge in [-0.05, 0) is 50.3 Å². The van der Waals surface area contributed by atoms with Crippen molar-refractivity contribution in [1.82, 2.24) is 4.90 Å². The van der Waals surface area contributed by atoms with Crippen molar-refractivity contribution in [1.29, 1.82) is 0 Å². The van der Waals surface area contributed by atoms with E-state index in [9.17, 15) is 0 Å². The Kier molecular flexibility index (Phi) is 5.00. The van der Waals surface area contributed by atoms with E-state index in [4.69, 9.17) is 5.73 Å². The summed E-state index contributed by atoms with van der Waals surface area (Å²) in [5.41, 5.74) is 10.2. The van der Waals surface area contributed by atoms with Gasteiger partial charge in [-0.15, -0.1) is 0 Å². The number of benzene rings is 1. The van der Waals surface area contributed by atoms with E-state index in [-0.39, 0.29) is 0 Å². The zero-order valence-electron chi connectivity index (χ0n) is 12.7. The van der Waals surface area contributed by atoms with Crippen molar-refractivity contribution in [3.05, 3.63) is 34.9 Å². The van der Waals surface area contributed by atoms with E-state index in [2.05, 4.69) is 43.9 Å². The molecule has 2 unspecified atom stereocenters. The number of hydrogen-bond donors (Lipinski definition) is 1. The number of nitrogens with two attached hydrogens (primary N) is 1. The van der Waals surface area contributed by atoms with Crippen LogP contribution in [0, 0.1) is 19.8 Å². The molecule has 2 atom stereocenters. The van der Waals surface area contributed by atoms with Gasteiger partial charge in [0.05, 0.1) is 0 Å². The van der Waals surface area contributed by atoms with Crippen LogP contribution in [0.3, 0.4) is 0 Å². The Labute approximate surface area is 118 Å². The summed E-state index contributed by atoms with van der Waals surface area (Å²) in [4.78, 5) is 2.60. The average molecular weight is 260 g/mol. The van der Waals surface area contributed by atoms with Gasteiger partial charge in [-0.2, -0.15) is 0 Å². The lowest BCUT2D eigenvalue weighted by molar-refractivity contribution is 0.239. The quantitative estimate of drug-likeness (QED) is 0.879. The molecule has 0 bridgehead atoms. The van der Waals surface area contributed by atoms with Crippen LogP contribution in [0.25, 0.3) is 0 Å². The van der Waals surface area contributed by atoms with E-state index in [1.165, 1.54) is 49.0 Å². The molecule has 2 nitrogen and oxygen atoms in total. The van der Waals surface area contributed by atoms with Crippen LogP contribution in [-0.2, 0) is 0 Å². The summed E-state index contributed by atoms with van der Waals surface area (Å²) in [7, 11) is 0. The molecule has 1 aromatic rings. The van der Waals surface area contributed by atoms with Crippen molar-refractivity contribution in [3.63, 3.8) is 0 Å². The largest absolute Gasteiger partial charge is 0.329 e. The van der Waals surface area contributed by atoms with E-state index in [0.29, 0.717) is 6.04 Å². The first-order valence-electron chi connectivity index (χ1n) is 7.67. The highest BCUT2D eigenvalue weighted by atomic mass is 15.2. The number of nitrogens with zero attached hydrogens (tertiary/aromatic N) is 1. The fraction of sp³-hybridized carbons (Fsp3) is 0.647. The molecule has 1 fully saturated rings. The maximum absolute atomic E-state index is 6.08. The van der Waals surface area contributed by atoms with Crippen LogP contribution in [0.4, 0.5) is 0 Å². The molecule has 1 aliphatic rings. The second-order valence-electron chi connectivity index (χ2n) is 6.05. The highest BCUT2D eigenvalue weighted by Gasteiger charge is 2.28. The molecule has 0 spiro atoms. The highest BCUT2D eigenvalue weighted by molar-refractivity contribution is 5.33. The fourth-order valence-corrected chi connectivity index (χ4v) is 3.38. The fourth-order valence-electron chi connectivity index (χ4n) is 3.38. The van der Waals surface area contributed by atoms with Crippen molar-refractivity contribution in [3.8, 4) is 0 Å². The minimum Gasteiger partial charge on any atom is -0.329 e. The topological polar surface area (TPSA) is 29.3 Å². The Hall–Kier alpha value is -0.860. The third-order valence-corrected chi connectivity index (χ3v) is 4.47. The molecular weight excluding hydrogens is 232 g/mol. The molecule has 106 valence electrons. The van der Waals surface area contributed by atoms with E-state index in [1.807, 2.05) is 0 Å². The molecule has 2 heteroatoms. The lowest BCUT2D eigenvalue weighted by Crippen LogP contribution is -2.32. The predicted molar refractivity (Wildman–Crippen MR) is 82.3 cm³/mol. The molecule has 2 N–H and O–H groups in total. The van der Waals surface area contributed by atoms with Crippen molar-refractivity contribution < 1.29 is 0 Å². The molecule has 0 amide bonds. The van der Waals surface area contributed by atoms with Gasteiger partial charge in [0.2, 0.25) is 0 Å². The number of likely N-dealkylation sites (tertiary alicyclic amines) is 1. The second kappa shape index (κ2) is 6.53. The van der Waals surface area contributed by atoms with E-state index in [0.717, 1.165) is 12.5 Å². The minimum absolute atomic E-state index is 0.404. The normalized spacial score (nSPS) is 21.8. The van der Waals surface area contributed by atoms with Gasteiger partial charge in [-0.1, -0.05) is 37.1 Å². The summed E-state index contributed by atoms with van der Waals surface area (Å²) in [6.45, 7) is 9.82. The maximum atomic E-state index is 6.08. The molecule has 0 saturated carbocycles. The van der Waals surface area contributed by atoms with E-state index >= 15 is 0 Å². The van der Waals surface area contributed by atoms with Crippen LogP contribution in [0.15, 0.2) is 18.2 Å². The Bertz CT molecular complexity index is 414. The lowest BCUT2D eigenvalue weighted by atomic mass is 9.97. The number of hydrogen-bond acceptors (Lipinski definition) is 2. The molecule has 1 aromatic carbocycles. The Morgan fingerprint density at radius 3 is 2.84 bits per heavy atom. The molecular formula is C17H28N2. The summed E-state index contributed by atoms with van der Waals surface area (Å²) >= 11 is 0. The summed E-state index contributed by atoms with van der Waals surface area (Å²) in [5.74, 6) is 0.879. The van der Waals surface area contributed by atoms with Crippen molar-refractivity contribution in [2.75, 3.05) is 19.6 Å². The van der Waals surface area contributed by atoms with Gasteiger partial charge in [-0.3, -0.25) is 4.90 Å². The van der Waals surface area contributed by atoms with Gasteiger partial charge in [-0.25, -0.2) is 0 Å². The smallest absolute Gasteiger partial charge is 0.0473 e. The third kappa shape index (κ3) is 3.37. The van der Waals surface area contributed by atoms with Crippen LogP contribution < -0.4 is 5.73 Å². The molecule has 0 radical (unpaired) electrons. The Morgan fingerprint density at radius 1 is 1.37 bits per heavy atom. The zero-order valence-corrected chi connectivity index (χ0v) is 12.7. The second-order valence-corrected chi connectivity index (χ2v) is 6.05.